The Labute approximate surface area is 110 Å². The topological polar surface area (TPSA) is 39.2 Å². The van der Waals surface area contributed by atoms with E-state index in [1.165, 1.54) is 6.07 Å². The highest BCUT2D eigenvalue weighted by Crippen LogP contribution is 2.29. The first-order valence-corrected chi connectivity index (χ1v) is 6.04. The van der Waals surface area contributed by atoms with Crippen molar-refractivity contribution < 1.29 is 18.3 Å². The minimum absolute atomic E-state index is 0.0286. The van der Waals surface area contributed by atoms with Crippen LogP contribution >= 0.6 is 27.5 Å². The molecule has 0 bridgehead atoms. The number of pyridine rings is 1. The van der Waals surface area contributed by atoms with Gasteiger partial charge in [0.15, 0.2) is 0 Å². The molecule has 0 aliphatic heterocycles. The fourth-order valence-corrected chi connectivity index (χ4v) is 1.94. The lowest BCUT2D eigenvalue weighted by Crippen LogP contribution is -2.12. The van der Waals surface area contributed by atoms with E-state index in [0.717, 1.165) is 0 Å². The van der Waals surface area contributed by atoms with Crippen molar-refractivity contribution >= 4 is 33.5 Å². The van der Waals surface area contributed by atoms with Crippen molar-refractivity contribution in [3.8, 4) is 0 Å². The van der Waals surface area contributed by atoms with Crippen molar-refractivity contribution in [1.29, 1.82) is 0 Å². The molecule has 0 spiro atoms. The smallest absolute Gasteiger partial charge is 0.338 e. The number of aromatic nitrogens is 1. The molecular weight excluding hydrogens is 319 g/mol. The second-order valence-electron chi connectivity index (χ2n) is 3.01. The number of halogens is 4. The summed E-state index contributed by atoms with van der Waals surface area (Å²) in [6, 6.07) is 1.20. The van der Waals surface area contributed by atoms with Gasteiger partial charge in [0.25, 0.3) is 6.43 Å². The van der Waals surface area contributed by atoms with Crippen LogP contribution in [0, 0.1) is 0 Å². The molecule has 0 unspecified atom stereocenters. The molecule has 7 heteroatoms. The van der Waals surface area contributed by atoms with E-state index < -0.39 is 18.0 Å². The normalized spacial score (nSPS) is 10.7. The molecule has 94 valence electrons. The number of ether oxygens (including phenoxy) is 1. The number of esters is 1. The molecule has 1 heterocycles. The van der Waals surface area contributed by atoms with Crippen LogP contribution in [-0.4, -0.2) is 17.6 Å². The molecule has 0 saturated heterocycles. The van der Waals surface area contributed by atoms with Crippen LogP contribution in [0.25, 0.3) is 0 Å². The molecule has 3 nitrogen and oxygen atoms in total. The second-order valence-corrected chi connectivity index (χ2v) is 4.09. The number of carbonyl (C=O) groups is 1. The predicted octanol–water partition coefficient (Wildman–Crippen LogP) is 3.70. The molecule has 0 atom stereocenters. The minimum atomic E-state index is -2.83. The summed E-state index contributed by atoms with van der Waals surface area (Å²) < 4.78 is 30.7. The van der Waals surface area contributed by atoms with Crippen LogP contribution < -0.4 is 0 Å². The monoisotopic (exact) mass is 327 g/mol. The fourth-order valence-electron chi connectivity index (χ4n) is 1.30. The van der Waals surface area contributed by atoms with Crippen molar-refractivity contribution in [2.24, 2.45) is 0 Å². The summed E-state index contributed by atoms with van der Waals surface area (Å²) in [6.45, 7) is 1.70. The van der Waals surface area contributed by atoms with Gasteiger partial charge in [-0.25, -0.2) is 18.6 Å². The van der Waals surface area contributed by atoms with Gasteiger partial charge in [0.1, 0.15) is 4.60 Å². The summed E-state index contributed by atoms with van der Waals surface area (Å²) in [6.07, 6.45) is -2.83. The largest absolute Gasteiger partial charge is 0.462 e. The minimum Gasteiger partial charge on any atom is -0.462 e. The Hall–Kier alpha value is -0.750. The Kier molecular flexibility index (Phi) is 5.27. The van der Waals surface area contributed by atoms with Crippen molar-refractivity contribution in [3.05, 3.63) is 27.5 Å². The quantitative estimate of drug-likeness (QED) is 0.481. The molecule has 1 rings (SSSR count). The number of alkyl halides is 3. The lowest BCUT2D eigenvalue weighted by molar-refractivity contribution is 0.0514. The van der Waals surface area contributed by atoms with E-state index in [1.54, 1.807) is 6.92 Å². The summed E-state index contributed by atoms with van der Waals surface area (Å²) in [5.74, 6) is -1.01. The van der Waals surface area contributed by atoms with E-state index in [-0.39, 0.29) is 28.3 Å². The van der Waals surface area contributed by atoms with Gasteiger partial charge in [-0.05, 0) is 28.9 Å². The molecular formula is C10H9BrClF2NO2. The number of nitrogens with zero attached hydrogens (tertiary/aromatic N) is 1. The first-order valence-electron chi connectivity index (χ1n) is 4.71. The third-order valence-electron chi connectivity index (χ3n) is 1.95. The van der Waals surface area contributed by atoms with Gasteiger partial charge in [-0.3, -0.25) is 0 Å². The van der Waals surface area contributed by atoms with Crippen molar-refractivity contribution in [2.45, 2.75) is 19.2 Å². The Bertz CT molecular complexity index is 429. The van der Waals surface area contributed by atoms with E-state index in [9.17, 15) is 13.6 Å². The summed E-state index contributed by atoms with van der Waals surface area (Å²) >= 11 is 8.57. The van der Waals surface area contributed by atoms with Gasteiger partial charge in [0.05, 0.1) is 29.3 Å². The van der Waals surface area contributed by atoms with Gasteiger partial charge in [0.2, 0.25) is 0 Å². The van der Waals surface area contributed by atoms with Crippen molar-refractivity contribution in [2.75, 3.05) is 6.61 Å². The van der Waals surface area contributed by atoms with Crippen molar-refractivity contribution in [1.82, 2.24) is 4.98 Å². The average molecular weight is 329 g/mol. The predicted molar refractivity (Wildman–Crippen MR) is 62.4 cm³/mol. The van der Waals surface area contributed by atoms with Gasteiger partial charge in [-0.1, -0.05) is 0 Å². The third kappa shape index (κ3) is 3.35. The van der Waals surface area contributed by atoms with E-state index in [2.05, 4.69) is 20.9 Å². The molecule has 17 heavy (non-hydrogen) atoms. The van der Waals surface area contributed by atoms with Gasteiger partial charge in [-0.15, -0.1) is 11.6 Å². The van der Waals surface area contributed by atoms with Gasteiger partial charge < -0.3 is 4.74 Å². The Morgan fingerprint density at radius 1 is 1.65 bits per heavy atom. The Balaban J connectivity index is 3.35. The van der Waals surface area contributed by atoms with E-state index in [0.29, 0.717) is 0 Å². The summed E-state index contributed by atoms with van der Waals surface area (Å²) in [7, 11) is 0. The first kappa shape index (κ1) is 14.3. The average Bonchev–Trinajstić information content (AvgIpc) is 2.27. The zero-order chi connectivity index (χ0) is 13.0. The van der Waals surface area contributed by atoms with Gasteiger partial charge in [0, 0.05) is 0 Å². The van der Waals surface area contributed by atoms with Crippen LogP contribution in [0.2, 0.25) is 0 Å². The van der Waals surface area contributed by atoms with Crippen LogP contribution in [0.1, 0.15) is 35.0 Å². The van der Waals surface area contributed by atoms with E-state index in [1.807, 2.05) is 0 Å². The van der Waals surface area contributed by atoms with E-state index in [4.69, 9.17) is 16.3 Å². The second kappa shape index (κ2) is 6.26. The molecule has 1 aromatic heterocycles. The maximum atomic E-state index is 12.9. The van der Waals surface area contributed by atoms with Crippen molar-refractivity contribution in [3.63, 3.8) is 0 Å². The molecule has 0 N–H and O–H groups in total. The van der Waals surface area contributed by atoms with Gasteiger partial charge >= 0.3 is 5.97 Å². The number of hydrogen-bond donors (Lipinski definition) is 0. The SMILES string of the molecule is CCOC(=O)c1cc(Br)nc(CCl)c1C(F)F. The molecule has 0 aliphatic carbocycles. The molecule has 0 saturated carbocycles. The molecule has 0 fully saturated rings. The standard InChI is InChI=1S/C10H9BrClF2NO2/c1-2-17-10(16)5-3-7(11)15-6(4-12)8(5)9(13)14/h3,9H,2,4H2,1H3. The Morgan fingerprint density at radius 2 is 2.29 bits per heavy atom. The zero-order valence-electron chi connectivity index (χ0n) is 8.84. The first-order chi connectivity index (χ1) is 8.01. The van der Waals surface area contributed by atoms with Crippen LogP contribution in [0.3, 0.4) is 0 Å². The molecule has 0 aromatic carbocycles. The highest BCUT2D eigenvalue weighted by molar-refractivity contribution is 9.10. The lowest BCUT2D eigenvalue weighted by atomic mass is 10.1. The maximum Gasteiger partial charge on any atom is 0.338 e. The highest BCUT2D eigenvalue weighted by atomic mass is 79.9. The van der Waals surface area contributed by atoms with Crippen LogP contribution in [0.15, 0.2) is 10.7 Å². The number of hydrogen-bond acceptors (Lipinski definition) is 3. The molecule has 1 aromatic rings. The lowest BCUT2D eigenvalue weighted by Gasteiger charge is -2.11. The maximum absolute atomic E-state index is 12.9. The van der Waals surface area contributed by atoms with Gasteiger partial charge in [-0.2, -0.15) is 0 Å². The Morgan fingerprint density at radius 3 is 2.76 bits per heavy atom. The highest BCUT2D eigenvalue weighted by Gasteiger charge is 2.24. The van der Waals surface area contributed by atoms with E-state index >= 15 is 0 Å². The van der Waals surface area contributed by atoms with Crippen LogP contribution in [0.4, 0.5) is 8.78 Å². The summed E-state index contributed by atoms with van der Waals surface area (Å²) in [4.78, 5) is 15.4. The number of carbonyl (C=O) groups excluding carboxylic acids is 1. The van der Waals surface area contributed by atoms with Crippen LogP contribution in [-0.2, 0) is 10.6 Å². The fraction of sp³-hybridized carbons (Fsp3) is 0.400. The molecule has 0 aliphatic rings. The summed E-state index contributed by atoms with van der Waals surface area (Å²) in [5, 5.41) is 0. The number of rotatable bonds is 4. The zero-order valence-corrected chi connectivity index (χ0v) is 11.2. The van der Waals surface area contributed by atoms with Crippen LogP contribution in [0.5, 0.6) is 0 Å². The summed E-state index contributed by atoms with van der Waals surface area (Å²) in [5.41, 5.74) is -0.708. The third-order valence-corrected chi connectivity index (χ3v) is 2.61. The molecule has 0 amide bonds. The molecule has 0 radical (unpaired) electrons.